The van der Waals surface area contributed by atoms with Gasteiger partial charge in [-0.15, -0.1) is 11.3 Å². The zero-order valence-corrected chi connectivity index (χ0v) is 11.9. The minimum absolute atomic E-state index is 0.198. The Morgan fingerprint density at radius 3 is 2.74 bits per heavy atom. The van der Waals surface area contributed by atoms with E-state index in [2.05, 4.69) is 52.1 Å². The Hall–Kier alpha value is -1.71. The molecule has 0 saturated heterocycles. The number of aromatic nitrogens is 1. The minimum Gasteiger partial charge on any atom is -0.309 e. The zero-order valence-electron chi connectivity index (χ0n) is 11.1. The molecule has 19 heavy (non-hydrogen) atoms. The second kappa shape index (κ2) is 5.11. The summed E-state index contributed by atoms with van der Waals surface area (Å²) < 4.78 is 1.33. The monoisotopic (exact) mass is 268 g/mol. The van der Waals surface area contributed by atoms with Gasteiger partial charge in [-0.3, -0.25) is 4.98 Å². The number of thiophene rings is 1. The van der Waals surface area contributed by atoms with E-state index in [9.17, 15) is 0 Å². The number of hydrogen-bond donors (Lipinski definition) is 1. The van der Waals surface area contributed by atoms with Gasteiger partial charge in [0.05, 0.1) is 6.04 Å². The number of fused-ring (bicyclic) bond motifs is 1. The molecule has 1 unspecified atom stereocenters. The van der Waals surface area contributed by atoms with E-state index in [1.165, 1.54) is 21.2 Å². The molecule has 3 heteroatoms. The molecule has 0 bridgehead atoms. The number of pyridine rings is 1. The standard InChI is InChI=1S/C16H16N2S/c1-11-7-8-12(9-18-11)16(17-2)14-10-19-15-6-4-3-5-13(14)15/h3-10,16-17H,1-2H3. The molecule has 0 aliphatic heterocycles. The molecular weight excluding hydrogens is 252 g/mol. The van der Waals surface area contributed by atoms with Gasteiger partial charge in [0.15, 0.2) is 0 Å². The summed E-state index contributed by atoms with van der Waals surface area (Å²) >= 11 is 1.80. The number of nitrogens with zero attached hydrogens (tertiary/aromatic N) is 1. The molecule has 96 valence electrons. The summed E-state index contributed by atoms with van der Waals surface area (Å²) in [6.07, 6.45) is 1.96. The lowest BCUT2D eigenvalue weighted by Gasteiger charge is -2.16. The number of aryl methyl sites for hydroxylation is 1. The van der Waals surface area contributed by atoms with E-state index in [1.54, 1.807) is 11.3 Å². The Morgan fingerprint density at radius 2 is 2.00 bits per heavy atom. The molecule has 2 nitrogen and oxygen atoms in total. The molecular formula is C16H16N2S. The summed E-state index contributed by atoms with van der Waals surface area (Å²) in [5.74, 6) is 0. The molecule has 0 aliphatic carbocycles. The molecule has 1 N–H and O–H groups in total. The van der Waals surface area contributed by atoms with Gasteiger partial charge in [0.25, 0.3) is 0 Å². The van der Waals surface area contributed by atoms with Gasteiger partial charge in [0.1, 0.15) is 0 Å². The van der Waals surface area contributed by atoms with Gasteiger partial charge >= 0.3 is 0 Å². The molecule has 1 atom stereocenters. The summed E-state index contributed by atoms with van der Waals surface area (Å²) in [4.78, 5) is 4.40. The third-order valence-corrected chi connectivity index (χ3v) is 4.36. The van der Waals surface area contributed by atoms with E-state index < -0.39 is 0 Å². The van der Waals surface area contributed by atoms with E-state index in [0.717, 1.165) is 5.69 Å². The van der Waals surface area contributed by atoms with Crippen LogP contribution in [0.1, 0.15) is 22.9 Å². The third kappa shape index (κ3) is 2.27. The number of benzene rings is 1. The Kier molecular flexibility index (Phi) is 3.32. The molecule has 3 rings (SSSR count). The quantitative estimate of drug-likeness (QED) is 0.779. The lowest BCUT2D eigenvalue weighted by molar-refractivity contribution is 0.695. The van der Waals surface area contributed by atoms with E-state index >= 15 is 0 Å². The van der Waals surface area contributed by atoms with Gasteiger partial charge in [-0.05, 0) is 48.0 Å². The van der Waals surface area contributed by atoms with E-state index in [1.807, 2.05) is 20.2 Å². The van der Waals surface area contributed by atoms with Gasteiger partial charge < -0.3 is 5.32 Å². The molecule has 3 aromatic rings. The summed E-state index contributed by atoms with van der Waals surface area (Å²) in [6.45, 7) is 2.01. The highest BCUT2D eigenvalue weighted by Crippen LogP contribution is 2.33. The van der Waals surface area contributed by atoms with E-state index in [0.29, 0.717) is 0 Å². The Labute approximate surface area is 117 Å². The smallest absolute Gasteiger partial charge is 0.0603 e. The van der Waals surface area contributed by atoms with Crippen molar-refractivity contribution in [3.63, 3.8) is 0 Å². The highest BCUT2D eigenvalue weighted by molar-refractivity contribution is 7.17. The number of hydrogen-bond acceptors (Lipinski definition) is 3. The van der Waals surface area contributed by atoms with Crippen molar-refractivity contribution in [3.8, 4) is 0 Å². The lowest BCUT2D eigenvalue weighted by Crippen LogP contribution is -2.17. The summed E-state index contributed by atoms with van der Waals surface area (Å²) in [5.41, 5.74) is 3.58. The van der Waals surface area contributed by atoms with Crippen LogP contribution in [0.3, 0.4) is 0 Å². The number of nitrogens with one attached hydrogen (secondary N) is 1. The zero-order chi connectivity index (χ0) is 13.2. The van der Waals surface area contributed by atoms with Gasteiger partial charge in [-0.2, -0.15) is 0 Å². The van der Waals surface area contributed by atoms with Crippen LogP contribution in [0.4, 0.5) is 0 Å². The Bertz CT molecular complexity index is 685. The Balaban J connectivity index is 2.09. The maximum atomic E-state index is 4.40. The van der Waals surface area contributed by atoms with E-state index in [-0.39, 0.29) is 6.04 Å². The second-order valence-electron chi connectivity index (χ2n) is 4.64. The fourth-order valence-corrected chi connectivity index (χ4v) is 3.36. The lowest BCUT2D eigenvalue weighted by atomic mass is 9.99. The van der Waals surface area contributed by atoms with Crippen LogP contribution < -0.4 is 5.32 Å². The summed E-state index contributed by atoms with van der Waals surface area (Å²) in [5, 5.41) is 6.97. The molecule has 0 saturated carbocycles. The van der Waals surface area contributed by atoms with Crippen molar-refractivity contribution in [1.82, 2.24) is 10.3 Å². The third-order valence-electron chi connectivity index (χ3n) is 3.38. The summed E-state index contributed by atoms with van der Waals surface area (Å²) in [6, 6.07) is 13.0. The predicted octanol–water partition coefficient (Wildman–Crippen LogP) is 3.91. The molecule has 0 fully saturated rings. The van der Waals surface area contributed by atoms with Crippen LogP contribution in [0.25, 0.3) is 10.1 Å². The van der Waals surface area contributed by atoms with Crippen molar-refractivity contribution in [2.24, 2.45) is 0 Å². The van der Waals surface area contributed by atoms with Crippen molar-refractivity contribution in [3.05, 3.63) is 64.8 Å². The van der Waals surface area contributed by atoms with E-state index in [4.69, 9.17) is 0 Å². The fourth-order valence-electron chi connectivity index (χ4n) is 2.37. The molecule has 1 aromatic carbocycles. The van der Waals surface area contributed by atoms with Gasteiger partial charge in [-0.25, -0.2) is 0 Å². The van der Waals surface area contributed by atoms with Crippen molar-refractivity contribution < 1.29 is 0 Å². The van der Waals surface area contributed by atoms with Crippen LogP contribution in [-0.2, 0) is 0 Å². The topological polar surface area (TPSA) is 24.9 Å². The van der Waals surface area contributed by atoms with Crippen LogP contribution in [0.5, 0.6) is 0 Å². The first-order chi connectivity index (χ1) is 9.29. The van der Waals surface area contributed by atoms with Crippen molar-refractivity contribution in [2.75, 3.05) is 7.05 Å². The first-order valence-corrected chi connectivity index (χ1v) is 7.23. The highest BCUT2D eigenvalue weighted by Gasteiger charge is 2.16. The molecule has 0 aliphatic rings. The van der Waals surface area contributed by atoms with Gasteiger partial charge in [0.2, 0.25) is 0 Å². The van der Waals surface area contributed by atoms with Gasteiger partial charge in [0, 0.05) is 16.6 Å². The average Bonchev–Trinajstić information content (AvgIpc) is 2.86. The van der Waals surface area contributed by atoms with Crippen LogP contribution in [0, 0.1) is 6.92 Å². The van der Waals surface area contributed by atoms with Crippen LogP contribution >= 0.6 is 11.3 Å². The highest BCUT2D eigenvalue weighted by atomic mass is 32.1. The fraction of sp³-hybridized carbons (Fsp3) is 0.188. The van der Waals surface area contributed by atoms with Crippen molar-refractivity contribution >= 4 is 21.4 Å². The average molecular weight is 268 g/mol. The van der Waals surface area contributed by atoms with Crippen molar-refractivity contribution in [1.29, 1.82) is 0 Å². The molecule has 0 spiro atoms. The summed E-state index contributed by atoms with van der Waals surface area (Å²) in [7, 11) is 2.00. The molecule has 0 radical (unpaired) electrons. The SMILES string of the molecule is CNC(c1ccc(C)nc1)c1csc2ccccc12. The second-order valence-corrected chi connectivity index (χ2v) is 5.55. The minimum atomic E-state index is 0.198. The normalized spacial score (nSPS) is 12.7. The predicted molar refractivity (Wildman–Crippen MR) is 81.7 cm³/mol. The Morgan fingerprint density at radius 1 is 1.16 bits per heavy atom. The first kappa shape index (κ1) is 12.3. The number of rotatable bonds is 3. The van der Waals surface area contributed by atoms with Crippen LogP contribution in [0.15, 0.2) is 48.0 Å². The molecule has 2 heterocycles. The van der Waals surface area contributed by atoms with Crippen LogP contribution in [-0.4, -0.2) is 12.0 Å². The molecule has 0 amide bonds. The maximum absolute atomic E-state index is 4.40. The van der Waals surface area contributed by atoms with Crippen LogP contribution in [0.2, 0.25) is 0 Å². The molecule has 2 aromatic heterocycles. The van der Waals surface area contributed by atoms with Gasteiger partial charge in [-0.1, -0.05) is 24.3 Å². The first-order valence-electron chi connectivity index (χ1n) is 6.35. The largest absolute Gasteiger partial charge is 0.309 e. The van der Waals surface area contributed by atoms with Crippen molar-refractivity contribution in [2.45, 2.75) is 13.0 Å². The maximum Gasteiger partial charge on any atom is 0.0603 e.